The predicted molar refractivity (Wildman–Crippen MR) is 133 cm³/mol. The first-order valence-corrected chi connectivity index (χ1v) is 12.7. The maximum atomic E-state index is 10.3. The van der Waals surface area contributed by atoms with Gasteiger partial charge in [0.05, 0.1) is 30.9 Å². The van der Waals surface area contributed by atoms with Gasteiger partial charge in [0.25, 0.3) is 0 Å². The molecule has 202 valence electrons. The van der Waals surface area contributed by atoms with Crippen LogP contribution < -0.4 is 23.5 Å². The maximum absolute atomic E-state index is 10.3. The first-order chi connectivity index (χ1) is 19.0. The van der Waals surface area contributed by atoms with E-state index in [2.05, 4.69) is 33.2 Å². The Hall–Kier alpha value is -3.97. The summed E-state index contributed by atoms with van der Waals surface area (Å²) in [7, 11) is 1.59. The quantitative estimate of drug-likeness (QED) is 0.305. The van der Waals surface area contributed by atoms with Gasteiger partial charge in [-0.3, -0.25) is 0 Å². The van der Waals surface area contributed by atoms with Gasteiger partial charge in [-0.05, 0) is 35.2 Å². The number of aromatic nitrogens is 4. The second-order valence-corrected chi connectivity index (χ2v) is 9.77. The van der Waals surface area contributed by atoms with Gasteiger partial charge in [0.15, 0.2) is 42.0 Å². The first-order valence-electron chi connectivity index (χ1n) is 12.7. The van der Waals surface area contributed by atoms with E-state index in [4.69, 9.17) is 23.7 Å². The van der Waals surface area contributed by atoms with Gasteiger partial charge >= 0.3 is 0 Å². The molecular weight excluding hydrogens is 508 g/mol. The Morgan fingerprint density at radius 3 is 2.77 bits per heavy atom. The Kier molecular flexibility index (Phi) is 5.77. The van der Waals surface area contributed by atoms with Crippen LogP contribution in [0.15, 0.2) is 42.7 Å². The lowest BCUT2D eigenvalue weighted by molar-refractivity contribution is -0.686. The number of aliphatic hydroxyl groups is 3. The van der Waals surface area contributed by atoms with E-state index in [0.29, 0.717) is 17.2 Å². The first kappa shape index (κ1) is 24.1. The van der Waals surface area contributed by atoms with Crippen molar-refractivity contribution in [2.45, 2.75) is 44.1 Å². The molecule has 0 bridgehead atoms. The largest absolute Gasteiger partial charge is 0.493 e. The van der Waals surface area contributed by atoms with Crippen molar-refractivity contribution in [3.63, 3.8) is 0 Å². The van der Waals surface area contributed by atoms with Gasteiger partial charge in [-0.1, -0.05) is 5.21 Å². The summed E-state index contributed by atoms with van der Waals surface area (Å²) in [6.45, 7) is 0.702. The molecule has 3 N–H and O–H groups in total. The van der Waals surface area contributed by atoms with E-state index in [-0.39, 0.29) is 13.4 Å². The normalized spacial score (nSPS) is 23.1. The second-order valence-electron chi connectivity index (χ2n) is 9.77. The highest BCUT2D eigenvalue weighted by Crippen LogP contribution is 2.42. The molecule has 3 aliphatic rings. The van der Waals surface area contributed by atoms with E-state index in [1.807, 2.05) is 18.2 Å². The molecule has 3 aliphatic heterocycles. The molecule has 12 heteroatoms. The summed E-state index contributed by atoms with van der Waals surface area (Å²) in [5.41, 5.74) is 3.91. The number of methoxy groups -OCH3 is 1. The van der Waals surface area contributed by atoms with Crippen LogP contribution in [0.1, 0.15) is 17.5 Å². The number of aryl methyl sites for hydroxylation is 2. The second kappa shape index (κ2) is 9.35. The fourth-order valence-corrected chi connectivity index (χ4v) is 5.46. The predicted octanol–water partition coefficient (Wildman–Crippen LogP) is 0.870. The van der Waals surface area contributed by atoms with Crippen LogP contribution in [0.3, 0.4) is 0 Å². The molecule has 0 amide bonds. The third-order valence-corrected chi connectivity index (χ3v) is 7.50. The standard InChI is InChI=1S/C27H27N4O8/c1-35-20-3-2-14-6-19-17-8-22-21(37-13-38-22)7-15(17)4-5-30(19)10-18(14)26(20)36-12-16-9-31(29-28-16)27-25(34)24(33)23(11-32)39-27/h2-3,6-10,23-25,27,32-34H,4-5,11-13H2,1H3/q+1/t23-,24-,25-,27-/m1/s1. The Morgan fingerprint density at radius 2 is 1.97 bits per heavy atom. The van der Waals surface area contributed by atoms with Crippen LogP contribution in [0.4, 0.5) is 0 Å². The smallest absolute Gasteiger partial charge is 0.231 e. The molecule has 12 nitrogen and oxygen atoms in total. The number of pyridine rings is 1. The number of aliphatic hydroxyl groups excluding tert-OH is 3. The molecule has 4 aromatic rings. The average Bonchev–Trinajstić information content (AvgIpc) is 3.69. The van der Waals surface area contributed by atoms with Gasteiger partial charge in [-0.15, -0.1) is 5.10 Å². The maximum Gasteiger partial charge on any atom is 0.231 e. The topological polar surface area (TPSA) is 141 Å². The number of hydrogen-bond acceptors (Lipinski definition) is 10. The zero-order chi connectivity index (χ0) is 26.7. The molecule has 2 aromatic heterocycles. The summed E-state index contributed by atoms with van der Waals surface area (Å²) < 4.78 is 32.1. The van der Waals surface area contributed by atoms with Crippen molar-refractivity contribution >= 4 is 10.8 Å². The Labute approximate surface area is 222 Å². The van der Waals surface area contributed by atoms with Gasteiger partial charge in [0, 0.05) is 12.5 Å². The van der Waals surface area contributed by atoms with E-state index in [1.165, 1.54) is 10.2 Å². The molecule has 0 unspecified atom stereocenters. The fourth-order valence-electron chi connectivity index (χ4n) is 5.46. The van der Waals surface area contributed by atoms with Crippen molar-refractivity contribution in [2.24, 2.45) is 0 Å². The summed E-state index contributed by atoms with van der Waals surface area (Å²) in [6, 6.07) is 10.1. The van der Waals surface area contributed by atoms with Crippen LogP contribution in [0.25, 0.3) is 22.0 Å². The number of fused-ring (bicyclic) bond motifs is 5. The molecule has 2 aromatic carbocycles. The summed E-state index contributed by atoms with van der Waals surface area (Å²) in [4.78, 5) is 0. The van der Waals surface area contributed by atoms with Gasteiger partial charge in [-0.25, -0.2) is 4.68 Å². The highest BCUT2D eigenvalue weighted by atomic mass is 16.7. The van der Waals surface area contributed by atoms with Gasteiger partial charge in [-0.2, -0.15) is 4.57 Å². The molecule has 0 radical (unpaired) electrons. The minimum Gasteiger partial charge on any atom is -0.493 e. The van der Waals surface area contributed by atoms with Gasteiger partial charge in [0.2, 0.25) is 12.5 Å². The molecule has 4 atom stereocenters. The molecule has 39 heavy (non-hydrogen) atoms. The van der Waals surface area contributed by atoms with E-state index < -0.39 is 31.1 Å². The van der Waals surface area contributed by atoms with Crippen molar-refractivity contribution in [1.29, 1.82) is 0 Å². The number of hydrogen-bond donors (Lipinski definition) is 3. The van der Waals surface area contributed by atoms with Gasteiger partial charge in [0.1, 0.15) is 30.6 Å². The van der Waals surface area contributed by atoms with Crippen LogP contribution in [0, 0.1) is 0 Å². The van der Waals surface area contributed by atoms with Crippen LogP contribution in [0.5, 0.6) is 23.0 Å². The summed E-state index contributed by atoms with van der Waals surface area (Å²) in [6.07, 6.45) is 0.187. The molecule has 0 aliphatic carbocycles. The van der Waals surface area contributed by atoms with Crippen LogP contribution in [-0.2, 0) is 24.3 Å². The average molecular weight is 536 g/mol. The summed E-state index contributed by atoms with van der Waals surface area (Å²) in [5.74, 6) is 2.70. The van der Waals surface area contributed by atoms with Crippen molar-refractivity contribution in [3.8, 4) is 34.3 Å². The fraction of sp³-hybridized carbons (Fsp3) is 0.370. The molecule has 0 saturated carbocycles. The zero-order valence-electron chi connectivity index (χ0n) is 21.1. The number of nitrogens with zero attached hydrogens (tertiary/aromatic N) is 4. The Bertz CT molecular complexity index is 1570. The minimum atomic E-state index is -1.25. The molecule has 0 spiro atoms. The van der Waals surface area contributed by atoms with Crippen LogP contribution >= 0.6 is 0 Å². The summed E-state index contributed by atoms with van der Waals surface area (Å²) in [5, 5.41) is 39.7. The van der Waals surface area contributed by atoms with Crippen molar-refractivity contribution in [1.82, 2.24) is 15.0 Å². The Balaban J connectivity index is 1.19. The summed E-state index contributed by atoms with van der Waals surface area (Å²) >= 11 is 0. The molecule has 1 fully saturated rings. The molecule has 5 heterocycles. The van der Waals surface area contributed by atoms with Crippen molar-refractivity contribution in [2.75, 3.05) is 20.5 Å². The van der Waals surface area contributed by atoms with Crippen LogP contribution in [0.2, 0.25) is 0 Å². The third kappa shape index (κ3) is 3.95. The molecule has 7 rings (SSSR count). The number of benzene rings is 2. The van der Waals surface area contributed by atoms with Gasteiger partial charge < -0.3 is 39.0 Å². The lowest BCUT2D eigenvalue weighted by Crippen LogP contribution is -2.40. The van der Waals surface area contributed by atoms with Crippen LogP contribution in [-0.4, -0.2) is 69.1 Å². The zero-order valence-corrected chi connectivity index (χ0v) is 21.1. The minimum absolute atomic E-state index is 0.0817. The lowest BCUT2D eigenvalue weighted by Gasteiger charge is -2.17. The Morgan fingerprint density at radius 1 is 1.13 bits per heavy atom. The SMILES string of the molecule is COc1ccc2cc3[n+](cc2c1OCc1cn([C@@H]2O[C@H](CO)[C@@H](O)[C@H]2O)nn1)CCc1cc2c(cc1-3)OCO2. The van der Waals surface area contributed by atoms with E-state index >= 15 is 0 Å². The van der Waals surface area contributed by atoms with Crippen molar-refractivity contribution in [3.05, 3.63) is 54.0 Å². The van der Waals surface area contributed by atoms with E-state index in [1.54, 1.807) is 13.3 Å². The highest BCUT2D eigenvalue weighted by molar-refractivity contribution is 5.91. The van der Waals surface area contributed by atoms with E-state index in [0.717, 1.165) is 46.5 Å². The lowest BCUT2D eigenvalue weighted by atomic mass is 9.95. The highest BCUT2D eigenvalue weighted by Gasteiger charge is 2.44. The molecular formula is C27H27N4O8+. The third-order valence-electron chi connectivity index (χ3n) is 7.50. The van der Waals surface area contributed by atoms with E-state index in [9.17, 15) is 15.3 Å². The monoisotopic (exact) mass is 535 g/mol. The van der Waals surface area contributed by atoms with Crippen molar-refractivity contribution < 1.29 is 43.6 Å². The number of rotatable bonds is 6. The number of ether oxygens (including phenoxy) is 5. The molecule has 1 saturated heterocycles.